The third kappa shape index (κ3) is 4.80. The topological polar surface area (TPSA) is 58.2 Å². The fourth-order valence-electron chi connectivity index (χ4n) is 2.59. The number of nitrogens with one attached hydrogen (secondary N) is 2. The molecule has 1 saturated carbocycles. The van der Waals surface area contributed by atoms with Gasteiger partial charge in [-0.25, -0.2) is 13.1 Å². The van der Waals surface area contributed by atoms with Gasteiger partial charge in [0.05, 0.1) is 4.90 Å². The van der Waals surface area contributed by atoms with Crippen LogP contribution < -0.4 is 10.0 Å². The zero-order valence-corrected chi connectivity index (χ0v) is 13.7. The summed E-state index contributed by atoms with van der Waals surface area (Å²) in [5.74, 6) is 0.532. The molecule has 0 saturated heterocycles. The zero-order valence-electron chi connectivity index (χ0n) is 12.9. The lowest BCUT2D eigenvalue weighted by molar-refractivity contribution is 0.573. The number of hydrogen-bond acceptors (Lipinski definition) is 3. The van der Waals surface area contributed by atoms with Crippen molar-refractivity contribution in [3.63, 3.8) is 0 Å². The zero-order chi connectivity index (χ0) is 15.3. The third-order valence-corrected chi connectivity index (χ3v) is 5.47. The average Bonchev–Trinajstić information content (AvgIpc) is 3.17. The van der Waals surface area contributed by atoms with Crippen molar-refractivity contribution in [2.45, 2.75) is 50.5 Å². The van der Waals surface area contributed by atoms with Crippen molar-refractivity contribution in [2.24, 2.45) is 5.92 Å². The summed E-state index contributed by atoms with van der Waals surface area (Å²) >= 11 is 0. The van der Waals surface area contributed by atoms with Gasteiger partial charge in [-0.05, 0) is 56.0 Å². The molecule has 1 aliphatic rings. The van der Waals surface area contributed by atoms with E-state index >= 15 is 0 Å². The minimum atomic E-state index is -3.36. The first-order valence-electron chi connectivity index (χ1n) is 7.88. The molecule has 5 heteroatoms. The molecule has 0 heterocycles. The first kappa shape index (κ1) is 16.5. The molecule has 0 radical (unpaired) electrons. The van der Waals surface area contributed by atoms with Crippen LogP contribution in [0.5, 0.6) is 0 Å². The minimum absolute atomic E-state index is 0.142. The molecule has 1 aliphatic carbocycles. The van der Waals surface area contributed by atoms with Gasteiger partial charge in [-0.3, -0.25) is 0 Å². The van der Waals surface area contributed by atoms with Gasteiger partial charge >= 0.3 is 0 Å². The predicted molar refractivity (Wildman–Crippen MR) is 85.8 cm³/mol. The van der Waals surface area contributed by atoms with Crippen LogP contribution in [0.15, 0.2) is 29.2 Å². The Kier molecular flexibility index (Phi) is 5.79. The molecule has 2 unspecified atom stereocenters. The second kappa shape index (κ2) is 7.38. The molecule has 1 aromatic rings. The molecule has 1 fully saturated rings. The van der Waals surface area contributed by atoms with Crippen LogP contribution in [-0.2, 0) is 16.4 Å². The van der Waals surface area contributed by atoms with E-state index in [2.05, 4.69) is 23.9 Å². The molecule has 0 amide bonds. The van der Waals surface area contributed by atoms with Crippen LogP contribution in [-0.4, -0.2) is 27.5 Å². The molecule has 21 heavy (non-hydrogen) atoms. The van der Waals surface area contributed by atoms with Crippen molar-refractivity contribution in [1.82, 2.24) is 10.0 Å². The van der Waals surface area contributed by atoms with Gasteiger partial charge in [-0.2, -0.15) is 0 Å². The molecule has 118 valence electrons. The number of sulfonamides is 1. The fourth-order valence-corrected chi connectivity index (χ4v) is 3.91. The quantitative estimate of drug-likeness (QED) is 0.688. The lowest BCUT2D eigenvalue weighted by Crippen LogP contribution is -2.27. The van der Waals surface area contributed by atoms with E-state index in [9.17, 15) is 8.42 Å². The number of rotatable bonds is 9. The van der Waals surface area contributed by atoms with Gasteiger partial charge in [0.25, 0.3) is 0 Å². The van der Waals surface area contributed by atoms with Crippen LogP contribution in [0.3, 0.4) is 0 Å². The highest BCUT2D eigenvalue weighted by molar-refractivity contribution is 7.89. The Labute approximate surface area is 128 Å². The highest BCUT2D eigenvalue weighted by Crippen LogP contribution is 2.35. The highest BCUT2D eigenvalue weighted by Gasteiger charge is 2.39. The van der Waals surface area contributed by atoms with Crippen LogP contribution in [0.2, 0.25) is 0 Å². The van der Waals surface area contributed by atoms with Crippen LogP contribution in [0.4, 0.5) is 0 Å². The van der Waals surface area contributed by atoms with E-state index in [0.717, 1.165) is 44.3 Å². The third-order valence-electron chi connectivity index (χ3n) is 3.96. The van der Waals surface area contributed by atoms with Crippen LogP contribution in [0.1, 0.15) is 38.7 Å². The Morgan fingerprint density at radius 3 is 2.52 bits per heavy atom. The summed E-state index contributed by atoms with van der Waals surface area (Å²) in [6, 6.07) is 7.37. The maximum absolute atomic E-state index is 12.3. The SMILES string of the molecule is CCCC1CC1NS(=O)(=O)c1ccc(CCNCC)cc1. The van der Waals surface area contributed by atoms with Crippen LogP contribution >= 0.6 is 0 Å². The van der Waals surface area contributed by atoms with Crippen molar-refractivity contribution in [3.05, 3.63) is 29.8 Å². The Morgan fingerprint density at radius 2 is 1.90 bits per heavy atom. The number of benzene rings is 1. The molecular formula is C16H26N2O2S. The van der Waals surface area contributed by atoms with Crippen molar-refractivity contribution in [3.8, 4) is 0 Å². The standard InChI is InChI=1S/C16H26N2O2S/c1-3-5-14-12-16(14)18-21(19,20)15-8-6-13(7-9-15)10-11-17-4-2/h6-9,14,16-18H,3-5,10-12H2,1-2H3. The molecule has 2 atom stereocenters. The van der Waals surface area contributed by atoms with Gasteiger partial charge < -0.3 is 5.32 Å². The molecule has 4 nitrogen and oxygen atoms in total. The van der Waals surface area contributed by atoms with Gasteiger partial charge in [-0.15, -0.1) is 0 Å². The summed E-state index contributed by atoms with van der Waals surface area (Å²) in [7, 11) is -3.36. The maximum Gasteiger partial charge on any atom is 0.240 e. The number of hydrogen-bond donors (Lipinski definition) is 2. The second-order valence-electron chi connectivity index (χ2n) is 5.76. The van der Waals surface area contributed by atoms with E-state index in [1.54, 1.807) is 12.1 Å². The molecule has 0 aromatic heterocycles. The largest absolute Gasteiger partial charge is 0.317 e. The Hall–Kier alpha value is -0.910. The van der Waals surface area contributed by atoms with Crippen molar-refractivity contribution < 1.29 is 8.42 Å². The van der Waals surface area contributed by atoms with Gasteiger partial charge in [0.1, 0.15) is 0 Å². The Bertz CT molecular complexity index is 540. The van der Waals surface area contributed by atoms with Crippen molar-refractivity contribution in [1.29, 1.82) is 0 Å². The molecular weight excluding hydrogens is 284 g/mol. The minimum Gasteiger partial charge on any atom is -0.317 e. The van der Waals surface area contributed by atoms with Crippen LogP contribution in [0.25, 0.3) is 0 Å². The average molecular weight is 310 g/mol. The van der Waals surface area contributed by atoms with E-state index in [4.69, 9.17) is 0 Å². The van der Waals surface area contributed by atoms with Gasteiger partial charge in [0, 0.05) is 6.04 Å². The van der Waals surface area contributed by atoms with E-state index < -0.39 is 10.0 Å². The van der Waals surface area contributed by atoms with Gasteiger partial charge in [-0.1, -0.05) is 32.4 Å². The van der Waals surface area contributed by atoms with Gasteiger partial charge in [0.15, 0.2) is 0 Å². The summed E-state index contributed by atoms with van der Waals surface area (Å²) in [6.45, 7) is 6.08. The molecule has 2 N–H and O–H groups in total. The van der Waals surface area contributed by atoms with Crippen molar-refractivity contribution >= 4 is 10.0 Å². The molecule has 0 aliphatic heterocycles. The monoisotopic (exact) mass is 310 g/mol. The Balaban J connectivity index is 1.91. The lowest BCUT2D eigenvalue weighted by atomic mass is 10.1. The smallest absolute Gasteiger partial charge is 0.240 e. The first-order valence-corrected chi connectivity index (χ1v) is 9.37. The first-order chi connectivity index (χ1) is 10.1. The van der Waals surface area contributed by atoms with E-state index in [-0.39, 0.29) is 6.04 Å². The maximum atomic E-state index is 12.3. The summed E-state index contributed by atoms with van der Waals surface area (Å²) in [4.78, 5) is 0.372. The van der Waals surface area contributed by atoms with E-state index in [0.29, 0.717) is 10.8 Å². The van der Waals surface area contributed by atoms with E-state index in [1.807, 2.05) is 12.1 Å². The summed E-state index contributed by atoms with van der Waals surface area (Å²) in [5.41, 5.74) is 1.16. The summed E-state index contributed by atoms with van der Waals surface area (Å²) in [5, 5.41) is 3.26. The normalized spacial score (nSPS) is 21.4. The molecule has 1 aromatic carbocycles. The number of likely N-dealkylation sites (N-methyl/N-ethyl adjacent to an activating group) is 1. The Morgan fingerprint density at radius 1 is 1.19 bits per heavy atom. The van der Waals surface area contributed by atoms with Crippen molar-refractivity contribution in [2.75, 3.05) is 13.1 Å². The van der Waals surface area contributed by atoms with Crippen LogP contribution in [0, 0.1) is 5.92 Å². The van der Waals surface area contributed by atoms with Gasteiger partial charge in [0.2, 0.25) is 10.0 Å². The molecule has 0 spiro atoms. The molecule has 2 rings (SSSR count). The predicted octanol–water partition coefficient (Wildman–Crippen LogP) is 2.31. The fraction of sp³-hybridized carbons (Fsp3) is 0.625. The molecule has 0 bridgehead atoms. The second-order valence-corrected chi connectivity index (χ2v) is 7.47. The summed E-state index contributed by atoms with van der Waals surface area (Å²) in [6.07, 6.45) is 4.12. The summed E-state index contributed by atoms with van der Waals surface area (Å²) < 4.78 is 27.4. The van der Waals surface area contributed by atoms with E-state index in [1.165, 1.54) is 0 Å². The highest BCUT2D eigenvalue weighted by atomic mass is 32.2. The lowest BCUT2D eigenvalue weighted by Gasteiger charge is -2.08.